The Morgan fingerprint density at radius 1 is 1.42 bits per heavy atom. The Bertz CT molecular complexity index is 453. The van der Waals surface area contributed by atoms with Crippen molar-refractivity contribution in [2.75, 3.05) is 6.61 Å². The standard InChI is InChI=1S/C14H17NO4/c1-3-9-19-11-7-5-10(6-8-11)13(16)15-12(4-2)14(17)18/h3,5-8,12H,1,4,9H2,2H3,(H,15,16)(H,17,18)/t12-/m0/s1. The fourth-order valence-electron chi connectivity index (χ4n) is 1.44. The molecule has 19 heavy (non-hydrogen) atoms. The first kappa shape index (κ1) is 14.8. The Balaban J connectivity index is 2.67. The topological polar surface area (TPSA) is 75.6 Å². The van der Waals surface area contributed by atoms with Gasteiger partial charge in [-0.2, -0.15) is 0 Å². The van der Waals surface area contributed by atoms with Crippen molar-refractivity contribution >= 4 is 11.9 Å². The fourth-order valence-corrected chi connectivity index (χ4v) is 1.44. The minimum atomic E-state index is -1.04. The van der Waals surface area contributed by atoms with E-state index in [1.807, 2.05) is 0 Å². The highest BCUT2D eigenvalue weighted by Gasteiger charge is 2.18. The summed E-state index contributed by atoms with van der Waals surface area (Å²) in [7, 11) is 0. The molecule has 0 aromatic heterocycles. The average Bonchev–Trinajstić information content (AvgIpc) is 2.42. The molecule has 0 aliphatic carbocycles. The van der Waals surface area contributed by atoms with E-state index in [9.17, 15) is 9.59 Å². The summed E-state index contributed by atoms with van der Waals surface area (Å²) in [5.74, 6) is -0.826. The number of hydrogen-bond donors (Lipinski definition) is 2. The third-order valence-electron chi connectivity index (χ3n) is 2.50. The molecule has 0 fully saturated rings. The van der Waals surface area contributed by atoms with Gasteiger partial charge in [0.15, 0.2) is 0 Å². The second-order valence-electron chi connectivity index (χ2n) is 3.90. The van der Waals surface area contributed by atoms with Crippen molar-refractivity contribution in [3.05, 3.63) is 42.5 Å². The molecule has 0 unspecified atom stereocenters. The van der Waals surface area contributed by atoms with Crippen LogP contribution in [0.5, 0.6) is 5.75 Å². The van der Waals surface area contributed by atoms with Crippen LogP contribution in [0.2, 0.25) is 0 Å². The van der Waals surface area contributed by atoms with Crippen LogP contribution < -0.4 is 10.1 Å². The van der Waals surface area contributed by atoms with E-state index in [1.165, 1.54) is 0 Å². The summed E-state index contributed by atoms with van der Waals surface area (Å²) in [6.45, 7) is 5.63. The number of carboxylic acid groups (broad SMARTS) is 1. The Labute approximate surface area is 111 Å². The second kappa shape index (κ2) is 7.20. The highest BCUT2D eigenvalue weighted by Crippen LogP contribution is 2.12. The van der Waals surface area contributed by atoms with E-state index in [-0.39, 0.29) is 0 Å². The van der Waals surface area contributed by atoms with Crippen LogP contribution in [-0.4, -0.2) is 29.6 Å². The van der Waals surface area contributed by atoms with Crippen LogP contribution >= 0.6 is 0 Å². The molecule has 5 nitrogen and oxygen atoms in total. The van der Waals surface area contributed by atoms with Crippen LogP contribution in [0.15, 0.2) is 36.9 Å². The fraction of sp³-hybridized carbons (Fsp3) is 0.286. The van der Waals surface area contributed by atoms with Gasteiger partial charge in [0.25, 0.3) is 5.91 Å². The second-order valence-corrected chi connectivity index (χ2v) is 3.90. The molecule has 0 bridgehead atoms. The van der Waals surface area contributed by atoms with Gasteiger partial charge in [0, 0.05) is 5.56 Å². The summed E-state index contributed by atoms with van der Waals surface area (Å²) in [5.41, 5.74) is 0.394. The number of carbonyl (C=O) groups is 2. The van der Waals surface area contributed by atoms with Gasteiger partial charge in [-0.1, -0.05) is 19.6 Å². The van der Waals surface area contributed by atoms with Crippen LogP contribution in [0.3, 0.4) is 0 Å². The van der Waals surface area contributed by atoms with Gasteiger partial charge in [0.05, 0.1) is 0 Å². The summed E-state index contributed by atoms with van der Waals surface area (Å²) in [4.78, 5) is 22.6. The van der Waals surface area contributed by atoms with Gasteiger partial charge < -0.3 is 15.2 Å². The lowest BCUT2D eigenvalue weighted by atomic mass is 10.1. The zero-order chi connectivity index (χ0) is 14.3. The molecular formula is C14H17NO4. The molecule has 5 heteroatoms. The van der Waals surface area contributed by atoms with Gasteiger partial charge in [-0.25, -0.2) is 4.79 Å². The Morgan fingerprint density at radius 3 is 2.53 bits per heavy atom. The predicted octanol–water partition coefficient (Wildman–Crippen LogP) is 1.84. The third-order valence-corrected chi connectivity index (χ3v) is 2.50. The zero-order valence-electron chi connectivity index (χ0n) is 10.8. The van der Waals surface area contributed by atoms with Crippen molar-refractivity contribution < 1.29 is 19.4 Å². The molecular weight excluding hydrogens is 246 g/mol. The molecule has 1 aromatic rings. The van der Waals surface area contributed by atoms with Crippen LogP contribution in [0, 0.1) is 0 Å². The van der Waals surface area contributed by atoms with E-state index in [1.54, 1.807) is 37.3 Å². The number of carbonyl (C=O) groups excluding carboxylic acids is 1. The number of aliphatic carboxylic acids is 1. The molecule has 0 spiro atoms. The zero-order valence-corrected chi connectivity index (χ0v) is 10.8. The van der Waals surface area contributed by atoms with Gasteiger partial charge in [-0.15, -0.1) is 0 Å². The molecule has 1 aromatic carbocycles. The SMILES string of the molecule is C=CCOc1ccc(C(=O)N[C@@H](CC)C(=O)O)cc1. The Hall–Kier alpha value is -2.30. The van der Waals surface area contributed by atoms with Crippen molar-refractivity contribution in [3.63, 3.8) is 0 Å². The van der Waals surface area contributed by atoms with Crippen molar-refractivity contribution in [2.45, 2.75) is 19.4 Å². The van der Waals surface area contributed by atoms with Crippen LogP contribution in [0.1, 0.15) is 23.7 Å². The van der Waals surface area contributed by atoms with E-state index >= 15 is 0 Å². The first-order valence-corrected chi connectivity index (χ1v) is 5.96. The van der Waals surface area contributed by atoms with Gasteiger partial charge in [0.2, 0.25) is 0 Å². The lowest BCUT2D eigenvalue weighted by Crippen LogP contribution is -2.40. The van der Waals surface area contributed by atoms with Crippen molar-refractivity contribution in [1.29, 1.82) is 0 Å². The van der Waals surface area contributed by atoms with E-state index in [4.69, 9.17) is 9.84 Å². The molecule has 0 saturated carbocycles. The van der Waals surface area contributed by atoms with Crippen molar-refractivity contribution in [3.8, 4) is 5.75 Å². The highest BCUT2D eigenvalue weighted by atomic mass is 16.5. The number of carboxylic acids is 1. The summed E-state index contributed by atoms with van der Waals surface area (Å²) in [6.07, 6.45) is 1.96. The highest BCUT2D eigenvalue weighted by molar-refractivity contribution is 5.96. The van der Waals surface area contributed by atoms with Gasteiger partial charge in [-0.05, 0) is 30.7 Å². The van der Waals surface area contributed by atoms with E-state index < -0.39 is 17.9 Å². The summed E-state index contributed by atoms with van der Waals surface area (Å²) in [6, 6.07) is 5.61. The third kappa shape index (κ3) is 4.46. The average molecular weight is 263 g/mol. The number of ether oxygens (including phenoxy) is 1. The minimum absolute atomic E-state index is 0.335. The molecule has 0 aliphatic heterocycles. The molecule has 0 radical (unpaired) electrons. The summed E-state index contributed by atoms with van der Waals surface area (Å²) >= 11 is 0. The lowest BCUT2D eigenvalue weighted by molar-refractivity contribution is -0.139. The predicted molar refractivity (Wildman–Crippen MR) is 71.3 cm³/mol. The molecule has 2 N–H and O–H groups in total. The van der Waals surface area contributed by atoms with Crippen molar-refractivity contribution in [2.24, 2.45) is 0 Å². The Morgan fingerprint density at radius 2 is 2.05 bits per heavy atom. The van der Waals surface area contributed by atoms with Crippen LogP contribution in [0.4, 0.5) is 0 Å². The number of hydrogen-bond acceptors (Lipinski definition) is 3. The maximum Gasteiger partial charge on any atom is 0.326 e. The number of amides is 1. The maximum absolute atomic E-state index is 11.8. The van der Waals surface area contributed by atoms with Gasteiger partial charge in [-0.3, -0.25) is 4.79 Å². The van der Waals surface area contributed by atoms with E-state index in [2.05, 4.69) is 11.9 Å². The number of rotatable bonds is 7. The number of nitrogens with one attached hydrogen (secondary N) is 1. The molecule has 102 valence electrons. The van der Waals surface area contributed by atoms with E-state index in [0.29, 0.717) is 24.3 Å². The van der Waals surface area contributed by atoms with Crippen molar-refractivity contribution in [1.82, 2.24) is 5.32 Å². The molecule has 0 aliphatic rings. The van der Waals surface area contributed by atoms with Gasteiger partial charge in [0.1, 0.15) is 18.4 Å². The quantitative estimate of drug-likeness (QED) is 0.736. The molecule has 0 saturated heterocycles. The maximum atomic E-state index is 11.8. The van der Waals surface area contributed by atoms with Crippen LogP contribution in [-0.2, 0) is 4.79 Å². The first-order valence-electron chi connectivity index (χ1n) is 5.96. The monoisotopic (exact) mass is 263 g/mol. The number of benzene rings is 1. The molecule has 1 rings (SSSR count). The van der Waals surface area contributed by atoms with E-state index in [0.717, 1.165) is 0 Å². The minimum Gasteiger partial charge on any atom is -0.490 e. The summed E-state index contributed by atoms with van der Waals surface area (Å²) in [5, 5.41) is 11.3. The molecule has 1 amide bonds. The molecule has 1 atom stereocenters. The molecule has 0 heterocycles. The lowest BCUT2D eigenvalue weighted by Gasteiger charge is -2.12. The first-order chi connectivity index (χ1) is 9.08. The van der Waals surface area contributed by atoms with Gasteiger partial charge >= 0.3 is 5.97 Å². The Kier molecular flexibility index (Phi) is 5.60. The smallest absolute Gasteiger partial charge is 0.326 e. The normalized spacial score (nSPS) is 11.4. The summed E-state index contributed by atoms with van der Waals surface area (Å²) < 4.78 is 5.29. The largest absolute Gasteiger partial charge is 0.490 e. The van der Waals surface area contributed by atoms with Crippen LogP contribution in [0.25, 0.3) is 0 Å².